The molecular weight excluding hydrogens is 218 g/mol. The van der Waals surface area contributed by atoms with Gasteiger partial charge in [-0.1, -0.05) is 27.2 Å². The summed E-state index contributed by atoms with van der Waals surface area (Å²) in [6.07, 6.45) is 3.70. The molecule has 0 bridgehead atoms. The van der Waals surface area contributed by atoms with Crippen LogP contribution in [0.1, 0.15) is 52.9 Å². The number of hydrogen-bond donors (Lipinski definition) is 2. The number of hydrogen-bond acceptors (Lipinski definition) is 2. The topological polar surface area (TPSA) is 66.4 Å². The predicted molar refractivity (Wildman–Crippen MR) is 65.6 cm³/mol. The highest BCUT2D eigenvalue weighted by Crippen LogP contribution is 2.27. The number of rotatable bonds is 5. The van der Waals surface area contributed by atoms with E-state index in [9.17, 15) is 9.59 Å². The smallest absolute Gasteiger partial charge is 0.303 e. The second-order valence-corrected chi connectivity index (χ2v) is 5.99. The van der Waals surface area contributed by atoms with Gasteiger partial charge < -0.3 is 10.4 Å². The SMILES string of the molecule is CC1CCCC1NC(=O)CC(C)(C)CC(=O)O. The summed E-state index contributed by atoms with van der Waals surface area (Å²) in [6, 6.07) is 0.281. The lowest BCUT2D eigenvalue weighted by Gasteiger charge is -2.24. The van der Waals surface area contributed by atoms with Crippen molar-refractivity contribution in [2.24, 2.45) is 11.3 Å². The fraction of sp³-hybridized carbons (Fsp3) is 0.846. The first-order valence-electron chi connectivity index (χ1n) is 6.31. The Morgan fingerprint density at radius 3 is 2.41 bits per heavy atom. The molecule has 1 saturated carbocycles. The van der Waals surface area contributed by atoms with Crippen LogP contribution in [0.2, 0.25) is 0 Å². The third kappa shape index (κ3) is 4.75. The van der Waals surface area contributed by atoms with E-state index < -0.39 is 11.4 Å². The van der Waals surface area contributed by atoms with Crippen LogP contribution in [0.25, 0.3) is 0 Å². The summed E-state index contributed by atoms with van der Waals surface area (Å²) in [6.45, 7) is 5.79. The van der Waals surface area contributed by atoms with Gasteiger partial charge in [0.05, 0.1) is 6.42 Å². The van der Waals surface area contributed by atoms with E-state index in [1.165, 1.54) is 12.8 Å². The summed E-state index contributed by atoms with van der Waals surface area (Å²) >= 11 is 0. The molecule has 17 heavy (non-hydrogen) atoms. The average Bonchev–Trinajstić information content (AvgIpc) is 2.47. The van der Waals surface area contributed by atoms with Gasteiger partial charge in [-0.2, -0.15) is 0 Å². The lowest BCUT2D eigenvalue weighted by atomic mass is 9.85. The van der Waals surface area contributed by atoms with Crippen LogP contribution in [-0.2, 0) is 9.59 Å². The van der Waals surface area contributed by atoms with E-state index in [4.69, 9.17) is 5.11 Å². The van der Waals surface area contributed by atoms with Crippen LogP contribution in [0.3, 0.4) is 0 Å². The van der Waals surface area contributed by atoms with E-state index in [2.05, 4.69) is 12.2 Å². The lowest BCUT2D eigenvalue weighted by Crippen LogP contribution is -2.38. The van der Waals surface area contributed by atoms with Gasteiger partial charge in [0.15, 0.2) is 0 Å². The first kappa shape index (κ1) is 14.0. The number of aliphatic carboxylic acids is 1. The first-order valence-corrected chi connectivity index (χ1v) is 6.31. The number of nitrogens with one attached hydrogen (secondary N) is 1. The van der Waals surface area contributed by atoms with Crippen molar-refractivity contribution >= 4 is 11.9 Å². The van der Waals surface area contributed by atoms with Gasteiger partial charge >= 0.3 is 5.97 Å². The fourth-order valence-electron chi connectivity index (χ4n) is 2.52. The Labute approximate surface area is 103 Å². The zero-order chi connectivity index (χ0) is 13.1. The monoisotopic (exact) mass is 241 g/mol. The average molecular weight is 241 g/mol. The van der Waals surface area contributed by atoms with Crippen molar-refractivity contribution in [3.63, 3.8) is 0 Å². The molecule has 2 unspecified atom stereocenters. The maximum Gasteiger partial charge on any atom is 0.303 e. The largest absolute Gasteiger partial charge is 0.481 e. The quantitative estimate of drug-likeness (QED) is 0.775. The van der Waals surface area contributed by atoms with Gasteiger partial charge in [-0.15, -0.1) is 0 Å². The Morgan fingerprint density at radius 2 is 1.94 bits per heavy atom. The Morgan fingerprint density at radius 1 is 1.29 bits per heavy atom. The lowest BCUT2D eigenvalue weighted by molar-refractivity contribution is -0.139. The molecule has 0 radical (unpaired) electrons. The summed E-state index contributed by atoms with van der Waals surface area (Å²) in [5, 5.41) is 11.8. The number of carbonyl (C=O) groups excluding carboxylic acids is 1. The molecule has 98 valence electrons. The number of carboxylic acids is 1. The maximum absolute atomic E-state index is 11.8. The van der Waals surface area contributed by atoms with Crippen LogP contribution in [0.15, 0.2) is 0 Å². The molecule has 1 aliphatic carbocycles. The van der Waals surface area contributed by atoms with Crippen LogP contribution in [0, 0.1) is 11.3 Å². The van der Waals surface area contributed by atoms with E-state index >= 15 is 0 Å². The highest BCUT2D eigenvalue weighted by atomic mass is 16.4. The van der Waals surface area contributed by atoms with Gasteiger partial charge in [-0.25, -0.2) is 0 Å². The minimum Gasteiger partial charge on any atom is -0.481 e. The van der Waals surface area contributed by atoms with Crippen molar-refractivity contribution in [1.82, 2.24) is 5.32 Å². The van der Waals surface area contributed by atoms with Crippen LogP contribution in [-0.4, -0.2) is 23.0 Å². The molecule has 1 amide bonds. The van der Waals surface area contributed by atoms with E-state index in [-0.39, 0.29) is 24.8 Å². The molecule has 0 saturated heterocycles. The molecule has 1 aliphatic rings. The Bertz CT molecular complexity index is 299. The minimum absolute atomic E-state index is 0.0185. The van der Waals surface area contributed by atoms with Crippen molar-refractivity contribution in [3.8, 4) is 0 Å². The molecule has 4 nitrogen and oxygen atoms in total. The normalized spacial score (nSPS) is 24.6. The van der Waals surface area contributed by atoms with Crippen molar-refractivity contribution in [2.75, 3.05) is 0 Å². The molecule has 0 aromatic heterocycles. The standard InChI is InChI=1S/C13H23NO3/c1-9-5-4-6-10(9)14-11(15)7-13(2,3)8-12(16)17/h9-10H,4-8H2,1-3H3,(H,14,15)(H,16,17). The number of amides is 1. The summed E-state index contributed by atoms with van der Waals surface area (Å²) in [4.78, 5) is 22.5. The molecule has 0 aliphatic heterocycles. The Kier molecular flexibility index (Phi) is 4.54. The van der Waals surface area contributed by atoms with Crippen LogP contribution in [0.4, 0.5) is 0 Å². The second kappa shape index (κ2) is 5.52. The Hall–Kier alpha value is -1.06. The minimum atomic E-state index is -0.850. The van der Waals surface area contributed by atoms with Crippen molar-refractivity contribution < 1.29 is 14.7 Å². The van der Waals surface area contributed by atoms with E-state index in [0.29, 0.717) is 5.92 Å². The van der Waals surface area contributed by atoms with Gasteiger partial charge in [-0.3, -0.25) is 9.59 Å². The molecule has 1 rings (SSSR count). The van der Waals surface area contributed by atoms with Crippen molar-refractivity contribution in [3.05, 3.63) is 0 Å². The summed E-state index contributed by atoms with van der Waals surface area (Å²) < 4.78 is 0. The third-order valence-electron chi connectivity index (χ3n) is 3.48. The Balaban J connectivity index is 2.40. The summed E-state index contributed by atoms with van der Waals surface area (Å²) in [7, 11) is 0. The van der Waals surface area contributed by atoms with Crippen LogP contribution < -0.4 is 5.32 Å². The van der Waals surface area contributed by atoms with Crippen molar-refractivity contribution in [1.29, 1.82) is 0 Å². The van der Waals surface area contributed by atoms with Crippen LogP contribution >= 0.6 is 0 Å². The van der Waals surface area contributed by atoms with Gasteiger partial charge in [-0.05, 0) is 24.2 Å². The maximum atomic E-state index is 11.8. The van der Waals surface area contributed by atoms with E-state index in [1.54, 1.807) is 0 Å². The van der Waals surface area contributed by atoms with Gasteiger partial charge in [0.1, 0.15) is 0 Å². The molecule has 2 atom stereocenters. The molecule has 0 spiro atoms. The third-order valence-corrected chi connectivity index (χ3v) is 3.48. The second-order valence-electron chi connectivity index (χ2n) is 5.99. The number of carboxylic acid groups (broad SMARTS) is 1. The summed E-state index contributed by atoms with van der Waals surface area (Å²) in [5.74, 6) is -0.325. The summed E-state index contributed by atoms with van der Waals surface area (Å²) in [5.41, 5.74) is -0.474. The molecular formula is C13H23NO3. The van der Waals surface area contributed by atoms with Crippen LogP contribution in [0.5, 0.6) is 0 Å². The molecule has 2 N–H and O–H groups in total. The highest BCUT2D eigenvalue weighted by Gasteiger charge is 2.29. The highest BCUT2D eigenvalue weighted by molar-refractivity contribution is 5.78. The van der Waals surface area contributed by atoms with E-state index in [1.807, 2.05) is 13.8 Å². The molecule has 4 heteroatoms. The number of carbonyl (C=O) groups is 2. The van der Waals surface area contributed by atoms with Gasteiger partial charge in [0.25, 0.3) is 0 Å². The van der Waals surface area contributed by atoms with Gasteiger partial charge in [0, 0.05) is 12.5 Å². The van der Waals surface area contributed by atoms with Crippen molar-refractivity contribution in [2.45, 2.75) is 58.9 Å². The van der Waals surface area contributed by atoms with E-state index in [0.717, 1.165) is 6.42 Å². The molecule has 0 aromatic rings. The molecule has 0 heterocycles. The first-order chi connectivity index (χ1) is 7.80. The van der Waals surface area contributed by atoms with Gasteiger partial charge in [0.2, 0.25) is 5.91 Å². The predicted octanol–water partition coefficient (Wildman–Crippen LogP) is 2.18. The fourth-order valence-corrected chi connectivity index (χ4v) is 2.52. The molecule has 1 fully saturated rings. The zero-order valence-electron chi connectivity index (χ0n) is 11.0. The zero-order valence-corrected chi connectivity index (χ0v) is 11.0. The molecule has 0 aromatic carbocycles.